The van der Waals surface area contributed by atoms with E-state index >= 15 is 0 Å². The molecule has 3 aliphatic rings. The van der Waals surface area contributed by atoms with Gasteiger partial charge in [0, 0.05) is 51.5 Å². The lowest BCUT2D eigenvalue weighted by Crippen LogP contribution is -2.50. The van der Waals surface area contributed by atoms with Crippen LogP contribution in [0.15, 0.2) is 12.4 Å². The fourth-order valence-electron chi connectivity index (χ4n) is 4.60. The number of hydrogen-bond acceptors (Lipinski definition) is 3. The van der Waals surface area contributed by atoms with Crippen LogP contribution in [0.4, 0.5) is 0 Å². The van der Waals surface area contributed by atoms with E-state index < -0.39 is 0 Å². The normalized spacial score (nSPS) is 26.1. The summed E-state index contributed by atoms with van der Waals surface area (Å²) < 4.78 is 2.08. The molecule has 1 aromatic rings. The fourth-order valence-corrected chi connectivity index (χ4v) is 4.60. The van der Waals surface area contributed by atoms with Crippen molar-refractivity contribution in [2.45, 2.75) is 58.4 Å². The summed E-state index contributed by atoms with van der Waals surface area (Å²) in [6, 6.07) is 0. The molecule has 6 heteroatoms. The van der Waals surface area contributed by atoms with Gasteiger partial charge in [-0.3, -0.25) is 9.59 Å². The van der Waals surface area contributed by atoms with Gasteiger partial charge < -0.3 is 14.4 Å². The molecule has 0 radical (unpaired) electrons. The summed E-state index contributed by atoms with van der Waals surface area (Å²) in [5.74, 6) is 2.24. The molecule has 6 nitrogen and oxygen atoms in total. The fraction of sp³-hybridized carbons (Fsp3) is 0.750. The Balaban J connectivity index is 1.30. The first-order valence-corrected chi connectivity index (χ1v) is 10.1. The first-order valence-electron chi connectivity index (χ1n) is 10.1. The van der Waals surface area contributed by atoms with Crippen molar-refractivity contribution in [2.75, 3.05) is 26.2 Å². The van der Waals surface area contributed by atoms with Crippen LogP contribution < -0.4 is 0 Å². The summed E-state index contributed by atoms with van der Waals surface area (Å²) in [5.41, 5.74) is -0.288. The van der Waals surface area contributed by atoms with Crippen LogP contribution in [0.2, 0.25) is 0 Å². The average molecular weight is 358 g/mol. The Kier molecular flexibility index (Phi) is 4.76. The Labute approximate surface area is 155 Å². The van der Waals surface area contributed by atoms with Crippen molar-refractivity contribution in [3.05, 3.63) is 18.2 Å². The molecule has 0 unspecified atom stereocenters. The van der Waals surface area contributed by atoms with Crippen molar-refractivity contribution >= 4 is 11.8 Å². The molecule has 1 atom stereocenters. The number of imidazole rings is 1. The van der Waals surface area contributed by atoms with Gasteiger partial charge in [0.2, 0.25) is 11.8 Å². The number of likely N-dealkylation sites (tertiary alicyclic amines) is 2. The Hall–Kier alpha value is -1.85. The molecule has 4 rings (SSSR count). The Bertz CT molecular complexity index is 681. The molecule has 142 valence electrons. The van der Waals surface area contributed by atoms with Gasteiger partial charge in [-0.2, -0.15) is 0 Å². The number of piperidine rings is 1. The molecule has 3 heterocycles. The first-order chi connectivity index (χ1) is 12.6. The highest BCUT2D eigenvalue weighted by Crippen LogP contribution is 2.41. The molecule has 1 aromatic heterocycles. The van der Waals surface area contributed by atoms with Crippen LogP contribution in [-0.2, 0) is 16.1 Å². The SMILES string of the molecule is Cc1nccn1CCCC(=O)N1CC[C@@]2(CCCN(CC3CC3)C2=O)C1. The van der Waals surface area contributed by atoms with Gasteiger partial charge in [-0.1, -0.05) is 0 Å². The number of nitrogens with zero attached hydrogens (tertiary/aromatic N) is 4. The van der Waals surface area contributed by atoms with Crippen LogP contribution in [-0.4, -0.2) is 57.3 Å². The maximum atomic E-state index is 13.1. The summed E-state index contributed by atoms with van der Waals surface area (Å²) in [6.45, 7) is 6.04. The third-order valence-electron chi connectivity index (χ3n) is 6.42. The monoisotopic (exact) mass is 358 g/mol. The van der Waals surface area contributed by atoms with Crippen LogP contribution >= 0.6 is 0 Å². The second-order valence-corrected chi connectivity index (χ2v) is 8.42. The van der Waals surface area contributed by atoms with E-state index in [0.29, 0.717) is 18.9 Å². The van der Waals surface area contributed by atoms with Crippen molar-refractivity contribution in [1.82, 2.24) is 19.4 Å². The summed E-state index contributed by atoms with van der Waals surface area (Å²) in [6.07, 6.45) is 10.6. The average Bonchev–Trinajstić information content (AvgIpc) is 3.19. The molecule has 1 saturated carbocycles. The minimum atomic E-state index is -0.288. The van der Waals surface area contributed by atoms with Gasteiger partial charge in [0.05, 0.1) is 5.41 Å². The van der Waals surface area contributed by atoms with E-state index in [2.05, 4.69) is 14.5 Å². The van der Waals surface area contributed by atoms with E-state index in [4.69, 9.17) is 0 Å². The van der Waals surface area contributed by atoms with Crippen LogP contribution in [0.1, 0.15) is 50.8 Å². The smallest absolute Gasteiger partial charge is 0.230 e. The lowest BCUT2D eigenvalue weighted by molar-refractivity contribution is -0.146. The zero-order valence-corrected chi connectivity index (χ0v) is 15.8. The minimum absolute atomic E-state index is 0.201. The van der Waals surface area contributed by atoms with E-state index in [9.17, 15) is 9.59 Å². The van der Waals surface area contributed by atoms with Crippen LogP contribution in [0.3, 0.4) is 0 Å². The van der Waals surface area contributed by atoms with Crippen LogP contribution in [0.25, 0.3) is 0 Å². The van der Waals surface area contributed by atoms with Crippen molar-refractivity contribution in [2.24, 2.45) is 11.3 Å². The molecular formula is C20H30N4O2. The number of aryl methyl sites for hydroxylation is 2. The maximum Gasteiger partial charge on any atom is 0.230 e. The Morgan fingerprint density at radius 3 is 2.88 bits per heavy atom. The second kappa shape index (κ2) is 7.05. The Morgan fingerprint density at radius 1 is 1.31 bits per heavy atom. The number of amides is 2. The van der Waals surface area contributed by atoms with Gasteiger partial charge in [-0.05, 0) is 51.4 Å². The molecule has 2 saturated heterocycles. The van der Waals surface area contributed by atoms with Gasteiger partial charge in [-0.15, -0.1) is 0 Å². The molecule has 26 heavy (non-hydrogen) atoms. The summed E-state index contributed by atoms with van der Waals surface area (Å²) in [4.78, 5) is 34.0. The topological polar surface area (TPSA) is 58.4 Å². The highest BCUT2D eigenvalue weighted by atomic mass is 16.2. The number of carbonyl (C=O) groups is 2. The molecule has 0 bridgehead atoms. The highest BCUT2D eigenvalue weighted by Gasteiger charge is 2.49. The van der Waals surface area contributed by atoms with Gasteiger partial charge >= 0.3 is 0 Å². The van der Waals surface area contributed by atoms with Crippen LogP contribution in [0, 0.1) is 18.3 Å². The molecule has 1 aliphatic carbocycles. The van der Waals surface area contributed by atoms with Gasteiger partial charge in [0.15, 0.2) is 0 Å². The van der Waals surface area contributed by atoms with Crippen molar-refractivity contribution in [3.63, 3.8) is 0 Å². The third kappa shape index (κ3) is 3.51. The maximum absolute atomic E-state index is 13.1. The van der Waals surface area contributed by atoms with Crippen molar-refractivity contribution in [1.29, 1.82) is 0 Å². The molecule has 2 aliphatic heterocycles. The van der Waals surface area contributed by atoms with Gasteiger partial charge in [-0.25, -0.2) is 4.98 Å². The number of hydrogen-bond donors (Lipinski definition) is 0. The largest absolute Gasteiger partial charge is 0.342 e. The summed E-state index contributed by atoms with van der Waals surface area (Å²) >= 11 is 0. The quantitative estimate of drug-likeness (QED) is 0.783. The highest BCUT2D eigenvalue weighted by molar-refractivity contribution is 5.86. The van der Waals surface area contributed by atoms with Gasteiger partial charge in [0.1, 0.15) is 5.82 Å². The van der Waals surface area contributed by atoms with Crippen molar-refractivity contribution in [3.8, 4) is 0 Å². The summed E-state index contributed by atoms with van der Waals surface area (Å²) in [5, 5.41) is 0. The number of aromatic nitrogens is 2. The van der Waals surface area contributed by atoms with Crippen molar-refractivity contribution < 1.29 is 9.59 Å². The predicted octanol–water partition coefficient (Wildman–Crippen LogP) is 2.22. The minimum Gasteiger partial charge on any atom is -0.342 e. The summed E-state index contributed by atoms with van der Waals surface area (Å²) in [7, 11) is 0. The number of rotatable bonds is 6. The van der Waals surface area contributed by atoms with Crippen LogP contribution in [0.5, 0.6) is 0 Å². The molecular weight excluding hydrogens is 328 g/mol. The third-order valence-corrected chi connectivity index (χ3v) is 6.42. The molecule has 0 N–H and O–H groups in total. The van der Waals surface area contributed by atoms with E-state index in [0.717, 1.165) is 63.6 Å². The molecule has 2 amide bonds. The van der Waals surface area contributed by atoms with E-state index in [1.54, 1.807) is 6.20 Å². The van der Waals surface area contributed by atoms with E-state index in [1.807, 2.05) is 18.0 Å². The zero-order chi connectivity index (χ0) is 18.1. The van der Waals surface area contributed by atoms with E-state index in [-0.39, 0.29) is 11.3 Å². The molecule has 3 fully saturated rings. The van der Waals surface area contributed by atoms with Gasteiger partial charge in [0.25, 0.3) is 0 Å². The van der Waals surface area contributed by atoms with E-state index in [1.165, 1.54) is 12.8 Å². The molecule has 1 spiro atoms. The Morgan fingerprint density at radius 2 is 2.15 bits per heavy atom. The zero-order valence-electron chi connectivity index (χ0n) is 15.8. The lowest BCUT2D eigenvalue weighted by Gasteiger charge is -2.39. The lowest BCUT2D eigenvalue weighted by atomic mass is 9.78. The first kappa shape index (κ1) is 17.6. The predicted molar refractivity (Wildman–Crippen MR) is 98.4 cm³/mol. The standard InChI is InChI=1S/C20H30N4O2/c1-16-21-9-13-22(16)10-2-4-18(25)24-12-8-20(15-24)7-3-11-23(19(20)26)14-17-5-6-17/h9,13,17H,2-8,10-12,14-15H2,1H3/t20-/m0/s1. The number of carbonyl (C=O) groups excluding carboxylic acids is 2. The molecule has 0 aromatic carbocycles. The second-order valence-electron chi connectivity index (χ2n) is 8.42.